The molecule has 0 aliphatic carbocycles. The molecule has 4 rings (SSSR count). The first-order chi connectivity index (χ1) is 12.6. The van der Waals surface area contributed by atoms with Gasteiger partial charge in [-0.25, -0.2) is 0 Å². The van der Waals surface area contributed by atoms with Gasteiger partial charge in [-0.1, -0.05) is 23.7 Å². The van der Waals surface area contributed by atoms with Gasteiger partial charge in [-0.05, 0) is 24.3 Å². The molecule has 26 heavy (non-hydrogen) atoms. The minimum absolute atomic E-state index is 0.0963. The maximum absolute atomic E-state index is 12.5. The largest absolute Gasteiger partial charge is 0.486 e. The normalized spacial score (nSPS) is 18.7. The number of fused-ring (bicyclic) bond motifs is 1. The van der Waals surface area contributed by atoms with Crippen LogP contribution in [-0.2, 0) is 9.59 Å². The van der Waals surface area contributed by atoms with E-state index >= 15 is 0 Å². The summed E-state index contributed by atoms with van der Waals surface area (Å²) in [5.74, 6) is 0.532. The zero-order valence-electron chi connectivity index (χ0n) is 13.9. The highest BCUT2D eigenvalue weighted by atomic mass is 35.5. The molecule has 2 heterocycles. The van der Waals surface area contributed by atoms with E-state index in [-0.39, 0.29) is 18.2 Å². The summed E-state index contributed by atoms with van der Waals surface area (Å²) in [5.41, 5.74) is 1.25. The summed E-state index contributed by atoms with van der Waals surface area (Å²) in [7, 11) is 0. The number of carbonyl (C=O) groups is 2. The Morgan fingerprint density at radius 1 is 1.12 bits per heavy atom. The van der Waals surface area contributed by atoms with Gasteiger partial charge < -0.3 is 19.7 Å². The van der Waals surface area contributed by atoms with Gasteiger partial charge in [0.25, 0.3) is 0 Å². The van der Waals surface area contributed by atoms with Gasteiger partial charge in [0.2, 0.25) is 11.8 Å². The molecule has 0 unspecified atom stereocenters. The Morgan fingerprint density at radius 3 is 2.69 bits per heavy atom. The van der Waals surface area contributed by atoms with E-state index in [0.717, 1.165) is 0 Å². The third kappa shape index (κ3) is 3.20. The predicted molar refractivity (Wildman–Crippen MR) is 98.0 cm³/mol. The Morgan fingerprint density at radius 2 is 1.88 bits per heavy atom. The van der Waals surface area contributed by atoms with Crippen LogP contribution in [0.15, 0.2) is 42.5 Å². The van der Waals surface area contributed by atoms with Crippen LogP contribution in [0.5, 0.6) is 11.5 Å². The van der Waals surface area contributed by atoms with E-state index < -0.39 is 5.92 Å². The maximum atomic E-state index is 12.5. The fourth-order valence-electron chi connectivity index (χ4n) is 3.13. The Bertz CT molecular complexity index is 870. The highest BCUT2D eigenvalue weighted by Crippen LogP contribution is 2.36. The molecule has 0 radical (unpaired) electrons. The molecule has 0 aromatic heterocycles. The second-order valence-corrected chi connectivity index (χ2v) is 6.61. The molecule has 1 saturated heterocycles. The first kappa shape index (κ1) is 16.7. The summed E-state index contributed by atoms with van der Waals surface area (Å²) < 4.78 is 11.1. The minimum Gasteiger partial charge on any atom is -0.486 e. The van der Waals surface area contributed by atoms with Gasteiger partial charge in [-0.2, -0.15) is 0 Å². The Kier molecular flexibility index (Phi) is 4.42. The topological polar surface area (TPSA) is 67.9 Å². The molecule has 1 N–H and O–H groups in total. The third-order valence-electron chi connectivity index (χ3n) is 4.46. The number of hydrogen-bond donors (Lipinski definition) is 1. The van der Waals surface area contributed by atoms with E-state index in [1.165, 1.54) is 0 Å². The standard InChI is InChI=1S/C19H17ClN2O4/c20-14-3-1-2-4-15(14)21-19(24)12-9-18(23)22(11-12)13-5-6-16-17(10-13)26-8-7-25-16/h1-6,10,12H,7-9,11H2,(H,21,24)/t12-/m1/s1. The quantitative estimate of drug-likeness (QED) is 0.899. The molecule has 0 saturated carbocycles. The van der Waals surface area contributed by atoms with Crippen molar-refractivity contribution in [2.75, 3.05) is 30.0 Å². The van der Waals surface area contributed by atoms with Gasteiger partial charge in [0, 0.05) is 24.7 Å². The van der Waals surface area contributed by atoms with Crippen molar-refractivity contribution >= 4 is 34.8 Å². The van der Waals surface area contributed by atoms with Crippen molar-refractivity contribution in [2.45, 2.75) is 6.42 Å². The van der Waals surface area contributed by atoms with Crippen LogP contribution in [0.25, 0.3) is 0 Å². The van der Waals surface area contributed by atoms with Crippen LogP contribution in [-0.4, -0.2) is 31.6 Å². The second-order valence-electron chi connectivity index (χ2n) is 6.20. The van der Waals surface area contributed by atoms with Crippen LogP contribution >= 0.6 is 11.6 Å². The number of hydrogen-bond acceptors (Lipinski definition) is 4. The van der Waals surface area contributed by atoms with E-state index in [2.05, 4.69) is 5.32 Å². The van der Waals surface area contributed by atoms with Gasteiger partial charge in [-0.3, -0.25) is 9.59 Å². The molecule has 1 atom stereocenters. The third-order valence-corrected chi connectivity index (χ3v) is 4.79. The lowest BCUT2D eigenvalue weighted by molar-refractivity contribution is -0.122. The van der Waals surface area contributed by atoms with Gasteiger partial charge in [0.15, 0.2) is 11.5 Å². The van der Waals surface area contributed by atoms with Crippen molar-refractivity contribution in [3.05, 3.63) is 47.5 Å². The van der Waals surface area contributed by atoms with Crippen LogP contribution in [0.3, 0.4) is 0 Å². The highest BCUT2D eigenvalue weighted by molar-refractivity contribution is 6.33. The number of anilines is 2. The zero-order valence-corrected chi connectivity index (χ0v) is 14.7. The van der Waals surface area contributed by atoms with Crippen molar-refractivity contribution in [1.82, 2.24) is 0 Å². The fraction of sp³-hybridized carbons (Fsp3) is 0.263. The molecule has 2 aromatic carbocycles. The Hall–Kier alpha value is -2.73. The van der Waals surface area contributed by atoms with E-state index in [1.54, 1.807) is 47.4 Å². The molecule has 2 amide bonds. The Labute approximate surface area is 155 Å². The number of rotatable bonds is 3. The molecule has 2 aromatic rings. The van der Waals surface area contributed by atoms with Gasteiger partial charge in [-0.15, -0.1) is 0 Å². The number of nitrogens with zero attached hydrogens (tertiary/aromatic N) is 1. The van der Waals surface area contributed by atoms with Crippen LogP contribution in [0.1, 0.15) is 6.42 Å². The van der Waals surface area contributed by atoms with Crippen LogP contribution < -0.4 is 19.7 Å². The number of benzene rings is 2. The van der Waals surface area contributed by atoms with Gasteiger partial charge in [0.1, 0.15) is 13.2 Å². The highest BCUT2D eigenvalue weighted by Gasteiger charge is 2.35. The summed E-state index contributed by atoms with van der Waals surface area (Å²) in [6, 6.07) is 12.4. The monoisotopic (exact) mass is 372 g/mol. The molecule has 1 fully saturated rings. The zero-order chi connectivity index (χ0) is 18.1. The summed E-state index contributed by atoms with van der Waals surface area (Å²) in [6.07, 6.45) is 0.157. The first-order valence-corrected chi connectivity index (χ1v) is 8.75. The average Bonchev–Trinajstić information content (AvgIpc) is 3.05. The van der Waals surface area contributed by atoms with E-state index in [1.807, 2.05) is 0 Å². The summed E-state index contributed by atoms with van der Waals surface area (Å²) >= 11 is 6.08. The molecule has 6 nitrogen and oxygen atoms in total. The second kappa shape index (κ2) is 6.88. The molecule has 7 heteroatoms. The summed E-state index contributed by atoms with van der Waals surface area (Å²) in [6.45, 7) is 1.31. The molecular formula is C19H17ClN2O4. The number of amides is 2. The molecule has 2 aliphatic heterocycles. The number of para-hydroxylation sites is 1. The van der Waals surface area contributed by atoms with Crippen LogP contribution in [0, 0.1) is 5.92 Å². The molecule has 0 bridgehead atoms. The smallest absolute Gasteiger partial charge is 0.229 e. The molecule has 0 spiro atoms. The van der Waals surface area contributed by atoms with E-state index in [0.29, 0.717) is 47.7 Å². The fourth-order valence-corrected chi connectivity index (χ4v) is 3.31. The van der Waals surface area contributed by atoms with Crippen molar-refractivity contribution in [3.8, 4) is 11.5 Å². The van der Waals surface area contributed by atoms with Crippen LogP contribution in [0.2, 0.25) is 5.02 Å². The van der Waals surface area contributed by atoms with Gasteiger partial charge >= 0.3 is 0 Å². The van der Waals surface area contributed by atoms with E-state index in [9.17, 15) is 9.59 Å². The lowest BCUT2D eigenvalue weighted by Crippen LogP contribution is -2.28. The lowest BCUT2D eigenvalue weighted by Gasteiger charge is -2.22. The number of nitrogens with one attached hydrogen (secondary N) is 1. The number of carbonyl (C=O) groups excluding carboxylic acids is 2. The predicted octanol–water partition coefficient (Wildman–Crippen LogP) is 3.10. The van der Waals surface area contributed by atoms with E-state index in [4.69, 9.17) is 21.1 Å². The minimum atomic E-state index is -0.438. The number of ether oxygens (including phenoxy) is 2. The maximum Gasteiger partial charge on any atom is 0.229 e. The van der Waals surface area contributed by atoms with Crippen LogP contribution in [0.4, 0.5) is 11.4 Å². The molecule has 134 valence electrons. The molecule has 2 aliphatic rings. The van der Waals surface area contributed by atoms with Crippen molar-refractivity contribution in [2.24, 2.45) is 5.92 Å². The number of halogens is 1. The molecular weight excluding hydrogens is 356 g/mol. The first-order valence-electron chi connectivity index (χ1n) is 8.37. The van der Waals surface area contributed by atoms with Crippen molar-refractivity contribution in [1.29, 1.82) is 0 Å². The summed E-state index contributed by atoms with van der Waals surface area (Å²) in [4.78, 5) is 26.6. The Balaban J connectivity index is 1.48. The summed E-state index contributed by atoms with van der Waals surface area (Å²) in [5, 5.41) is 3.27. The van der Waals surface area contributed by atoms with Gasteiger partial charge in [0.05, 0.1) is 16.6 Å². The lowest BCUT2D eigenvalue weighted by atomic mass is 10.1. The van der Waals surface area contributed by atoms with Crippen molar-refractivity contribution < 1.29 is 19.1 Å². The van der Waals surface area contributed by atoms with Crippen molar-refractivity contribution in [3.63, 3.8) is 0 Å². The average molecular weight is 373 g/mol. The SMILES string of the molecule is O=C(Nc1ccccc1Cl)[C@@H]1CC(=O)N(c2ccc3c(c2)OCCO3)C1.